The summed E-state index contributed by atoms with van der Waals surface area (Å²) in [5, 5.41) is 11.7. The third-order valence-corrected chi connectivity index (χ3v) is 1.53. The Balaban J connectivity index is 3.09. The van der Waals surface area contributed by atoms with Gasteiger partial charge in [0.05, 0.1) is 6.61 Å². The van der Waals surface area contributed by atoms with Gasteiger partial charge in [-0.15, -0.1) is 0 Å². The fraction of sp³-hybridized carbons (Fsp3) is 1.00. The van der Waals surface area contributed by atoms with Crippen molar-refractivity contribution in [3.63, 3.8) is 0 Å². The van der Waals surface area contributed by atoms with E-state index in [9.17, 15) is 0 Å². The first kappa shape index (κ1) is 9.88. The molecule has 3 heteroatoms. The van der Waals surface area contributed by atoms with Crippen LogP contribution in [-0.2, 0) is 4.74 Å². The molecule has 0 amide bonds. The molecule has 0 aliphatic heterocycles. The average Bonchev–Trinajstić information content (AvgIpc) is 1.99. The summed E-state index contributed by atoms with van der Waals surface area (Å²) in [4.78, 5) is 0. The predicted molar refractivity (Wildman–Crippen MR) is 41.0 cm³/mol. The van der Waals surface area contributed by atoms with Crippen molar-refractivity contribution in [1.29, 1.82) is 0 Å². The fourth-order valence-corrected chi connectivity index (χ4v) is 0.801. The van der Waals surface area contributed by atoms with Gasteiger partial charge in [0, 0.05) is 19.8 Å². The molecule has 0 spiro atoms. The number of rotatable bonds is 6. The second-order valence-corrected chi connectivity index (χ2v) is 2.30. The summed E-state index contributed by atoms with van der Waals surface area (Å²) in [6.45, 7) is 0.985. The molecule has 0 aromatic heterocycles. The maximum absolute atomic E-state index is 8.72. The molecule has 3 nitrogen and oxygen atoms in total. The number of methoxy groups -OCH3 is 1. The van der Waals surface area contributed by atoms with Crippen molar-refractivity contribution in [3.05, 3.63) is 0 Å². The second kappa shape index (κ2) is 6.99. The summed E-state index contributed by atoms with van der Waals surface area (Å²) in [5.74, 6) is 0. The first-order valence-electron chi connectivity index (χ1n) is 3.62. The highest BCUT2D eigenvalue weighted by atomic mass is 16.5. The lowest BCUT2D eigenvalue weighted by Gasteiger charge is -2.11. The highest BCUT2D eigenvalue weighted by Gasteiger charge is 2.01. The molecule has 0 saturated carbocycles. The van der Waals surface area contributed by atoms with Crippen molar-refractivity contribution in [1.82, 2.24) is 5.32 Å². The van der Waals surface area contributed by atoms with Crippen molar-refractivity contribution in [2.75, 3.05) is 27.4 Å². The van der Waals surface area contributed by atoms with Crippen LogP contribution < -0.4 is 5.32 Å². The summed E-state index contributed by atoms with van der Waals surface area (Å²) in [7, 11) is 3.54. The molecule has 0 aromatic rings. The van der Waals surface area contributed by atoms with Crippen LogP contribution in [0.3, 0.4) is 0 Å². The Morgan fingerprint density at radius 1 is 1.60 bits per heavy atom. The first-order valence-corrected chi connectivity index (χ1v) is 3.62. The van der Waals surface area contributed by atoms with Gasteiger partial charge >= 0.3 is 0 Å². The molecule has 0 radical (unpaired) electrons. The molecular weight excluding hydrogens is 130 g/mol. The van der Waals surface area contributed by atoms with Crippen molar-refractivity contribution in [2.45, 2.75) is 18.9 Å². The van der Waals surface area contributed by atoms with Crippen LogP contribution >= 0.6 is 0 Å². The largest absolute Gasteiger partial charge is 0.395 e. The van der Waals surface area contributed by atoms with Gasteiger partial charge in [-0.3, -0.25) is 0 Å². The van der Waals surface area contributed by atoms with Gasteiger partial charge in [-0.25, -0.2) is 0 Å². The second-order valence-electron chi connectivity index (χ2n) is 2.30. The Hall–Kier alpha value is -0.120. The molecule has 0 aromatic carbocycles. The molecule has 0 heterocycles. The fourth-order valence-electron chi connectivity index (χ4n) is 0.801. The number of ether oxygens (including phenoxy) is 1. The molecule has 0 rings (SSSR count). The Kier molecular flexibility index (Phi) is 6.91. The lowest BCUT2D eigenvalue weighted by molar-refractivity contribution is 0.179. The van der Waals surface area contributed by atoms with Crippen LogP contribution in [0, 0.1) is 0 Å². The minimum atomic E-state index is 0.209. The van der Waals surface area contributed by atoms with Gasteiger partial charge in [0.25, 0.3) is 0 Å². The zero-order chi connectivity index (χ0) is 7.82. The molecule has 2 N–H and O–H groups in total. The zero-order valence-electron chi connectivity index (χ0n) is 6.76. The normalized spacial score (nSPS) is 13.5. The number of nitrogens with one attached hydrogen (secondary N) is 1. The Morgan fingerprint density at radius 2 is 2.30 bits per heavy atom. The van der Waals surface area contributed by atoms with Crippen LogP contribution in [0.25, 0.3) is 0 Å². The van der Waals surface area contributed by atoms with Gasteiger partial charge in [0.1, 0.15) is 0 Å². The maximum Gasteiger partial charge on any atom is 0.0584 e. The van der Waals surface area contributed by atoms with E-state index in [1.165, 1.54) is 0 Å². The molecule has 10 heavy (non-hydrogen) atoms. The van der Waals surface area contributed by atoms with E-state index in [1.807, 2.05) is 7.05 Å². The number of likely N-dealkylation sites (N-methyl/N-ethyl adjacent to an activating group) is 1. The minimum absolute atomic E-state index is 0.209. The van der Waals surface area contributed by atoms with Gasteiger partial charge in [0.15, 0.2) is 0 Å². The van der Waals surface area contributed by atoms with Crippen molar-refractivity contribution >= 4 is 0 Å². The topological polar surface area (TPSA) is 41.5 Å². The third-order valence-electron chi connectivity index (χ3n) is 1.53. The van der Waals surface area contributed by atoms with E-state index >= 15 is 0 Å². The van der Waals surface area contributed by atoms with Crippen LogP contribution in [-0.4, -0.2) is 38.5 Å². The van der Waals surface area contributed by atoms with Crippen LogP contribution in [0.1, 0.15) is 12.8 Å². The average molecular weight is 147 g/mol. The van der Waals surface area contributed by atoms with E-state index < -0.39 is 0 Å². The first-order chi connectivity index (χ1) is 4.85. The van der Waals surface area contributed by atoms with Crippen LogP contribution in [0.5, 0.6) is 0 Å². The Morgan fingerprint density at radius 3 is 2.70 bits per heavy atom. The van der Waals surface area contributed by atoms with E-state index in [-0.39, 0.29) is 12.6 Å². The number of hydrogen-bond acceptors (Lipinski definition) is 3. The summed E-state index contributed by atoms with van der Waals surface area (Å²) < 4.78 is 4.87. The van der Waals surface area contributed by atoms with E-state index in [1.54, 1.807) is 7.11 Å². The zero-order valence-corrected chi connectivity index (χ0v) is 6.76. The standard InChI is InChI=1S/C7H17NO2/c1-8-7(6-9)4-3-5-10-2/h7-9H,3-6H2,1-2H3. The van der Waals surface area contributed by atoms with Gasteiger partial charge in [-0.2, -0.15) is 0 Å². The van der Waals surface area contributed by atoms with Gasteiger partial charge in [0.2, 0.25) is 0 Å². The lowest BCUT2D eigenvalue weighted by Crippen LogP contribution is -2.29. The van der Waals surface area contributed by atoms with E-state index in [0.717, 1.165) is 19.4 Å². The van der Waals surface area contributed by atoms with Gasteiger partial charge in [-0.05, 0) is 19.9 Å². The van der Waals surface area contributed by atoms with E-state index in [4.69, 9.17) is 9.84 Å². The SMILES string of the molecule is CNC(CO)CCCOC. The highest BCUT2D eigenvalue weighted by molar-refractivity contribution is 4.61. The quantitative estimate of drug-likeness (QED) is 0.519. The van der Waals surface area contributed by atoms with Gasteiger partial charge < -0.3 is 15.2 Å². The number of hydrogen-bond donors (Lipinski definition) is 2. The maximum atomic E-state index is 8.72. The van der Waals surface area contributed by atoms with Crippen molar-refractivity contribution < 1.29 is 9.84 Å². The van der Waals surface area contributed by atoms with Gasteiger partial charge in [-0.1, -0.05) is 0 Å². The third kappa shape index (κ3) is 4.73. The lowest BCUT2D eigenvalue weighted by atomic mass is 10.2. The van der Waals surface area contributed by atoms with Crippen LogP contribution in [0.15, 0.2) is 0 Å². The molecule has 1 atom stereocenters. The molecular formula is C7H17NO2. The minimum Gasteiger partial charge on any atom is -0.395 e. The van der Waals surface area contributed by atoms with E-state index in [0.29, 0.717) is 0 Å². The summed E-state index contributed by atoms with van der Waals surface area (Å²) >= 11 is 0. The smallest absolute Gasteiger partial charge is 0.0584 e. The van der Waals surface area contributed by atoms with Crippen LogP contribution in [0.4, 0.5) is 0 Å². The molecule has 0 aliphatic rings. The predicted octanol–water partition coefficient (Wildman–Crippen LogP) is -0.00670. The molecule has 0 bridgehead atoms. The number of aliphatic hydroxyl groups excluding tert-OH is 1. The molecule has 62 valence electrons. The van der Waals surface area contributed by atoms with Crippen molar-refractivity contribution in [2.24, 2.45) is 0 Å². The summed E-state index contributed by atoms with van der Waals surface area (Å²) in [6, 6.07) is 0.232. The summed E-state index contributed by atoms with van der Waals surface area (Å²) in [5.41, 5.74) is 0. The Bertz CT molecular complexity index is 64.6. The molecule has 0 fully saturated rings. The summed E-state index contributed by atoms with van der Waals surface area (Å²) in [6.07, 6.45) is 1.98. The highest BCUT2D eigenvalue weighted by Crippen LogP contribution is 1.95. The molecule has 1 unspecified atom stereocenters. The molecule has 0 aliphatic carbocycles. The Labute approximate surface area is 62.4 Å². The monoisotopic (exact) mass is 147 g/mol. The molecule has 0 saturated heterocycles. The van der Waals surface area contributed by atoms with E-state index in [2.05, 4.69) is 5.32 Å². The van der Waals surface area contributed by atoms with Crippen molar-refractivity contribution in [3.8, 4) is 0 Å². The van der Waals surface area contributed by atoms with Crippen LogP contribution in [0.2, 0.25) is 0 Å². The number of aliphatic hydroxyl groups is 1.